The number of nitrogens with one attached hydrogen (secondary N) is 1. The molecule has 3 N–H and O–H groups in total. The average Bonchev–Trinajstić information content (AvgIpc) is 2.79. The molecule has 2 aromatic rings. The number of aromatic nitrogens is 2. The van der Waals surface area contributed by atoms with Crippen molar-refractivity contribution in [2.24, 2.45) is 0 Å². The molecule has 0 aliphatic rings. The van der Waals surface area contributed by atoms with Gasteiger partial charge in [-0.25, -0.2) is 12.8 Å². The van der Waals surface area contributed by atoms with Crippen molar-refractivity contribution < 1.29 is 12.8 Å². The van der Waals surface area contributed by atoms with Gasteiger partial charge in [0.2, 0.25) is 10.0 Å². The summed E-state index contributed by atoms with van der Waals surface area (Å²) in [5.41, 5.74) is 6.18. The van der Waals surface area contributed by atoms with Crippen LogP contribution >= 0.6 is 0 Å². The maximum atomic E-state index is 12.8. The van der Waals surface area contributed by atoms with E-state index in [0.29, 0.717) is 5.56 Å². The number of benzene rings is 1. The molecule has 0 atom stereocenters. The summed E-state index contributed by atoms with van der Waals surface area (Å²) in [6, 6.07) is 5.62. The van der Waals surface area contributed by atoms with E-state index in [-0.39, 0.29) is 23.1 Å². The first-order chi connectivity index (χ1) is 8.91. The van der Waals surface area contributed by atoms with E-state index < -0.39 is 10.0 Å². The molecule has 0 saturated heterocycles. The topological polar surface area (TPSA) is 92.1 Å². The van der Waals surface area contributed by atoms with Gasteiger partial charge in [-0.15, -0.1) is 0 Å². The zero-order valence-corrected chi connectivity index (χ0v) is 11.0. The van der Waals surface area contributed by atoms with Gasteiger partial charge in [0.25, 0.3) is 0 Å². The maximum absolute atomic E-state index is 12.8. The summed E-state index contributed by atoms with van der Waals surface area (Å²) in [6.07, 6.45) is 1.16. The molecule has 1 aromatic carbocycles. The van der Waals surface area contributed by atoms with Crippen LogP contribution in [-0.4, -0.2) is 30.0 Å². The van der Waals surface area contributed by atoms with Gasteiger partial charge >= 0.3 is 0 Å². The zero-order chi connectivity index (χ0) is 14.0. The largest absolute Gasteiger partial charge is 0.383 e. The van der Waals surface area contributed by atoms with E-state index in [1.807, 2.05) is 0 Å². The Morgan fingerprint density at radius 3 is 2.53 bits per heavy atom. The summed E-state index contributed by atoms with van der Waals surface area (Å²) in [6.45, 7) is 0.118. The number of sulfonamides is 1. The predicted octanol–water partition coefficient (Wildman–Crippen LogP) is 0.952. The number of aromatic amines is 1. The van der Waals surface area contributed by atoms with Gasteiger partial charge in [0.05, 0.1) is 6.20 Å². The van der Waals surface area contributed by atoms with Gasteiger partial charge in [-0.1, -0.05) is 12.1 Å². The SMILES string of the molecule is CN(Cc1ccc(F)cc1)S(=O)(=O)c1cn[nH]c1N. The fourth-order valence-electron chi connectivity index (χ4n) is 1.59. The Morgan fingerprint density at radius 1 is 1.37 bits per heavy atom. The Hall–Kier alpha value is -1.93. The van der Waals surface area contributed by atoms with Gasteiger partial charge < -0.3 is 5.73 Å². The fourth-order valence-corrected chi connectivity index (χ4v) is 2.75. The molecule has 0 aliphatic heterocycles. The van der Waals surface area contributed by atoms with E-state index >= 15 is 0 Å². The molecule has 0 unspecified atom stereocenters. The highest BCUT2D eigenvalue weighted by atomic mass is 32.2. The van der Waals surface area contributed by atoms with Gasteiger partial charge in [-0.3, -0.25) is 5.10 Å². The molecule has 0 saturated carbocycles. The summed E-state index contributed by atoms with van der Waals surface area (Å²) < 4.78 is 38.3. The monoisotopic (exact) mass is 284 g/mol. The minimum atomic E-state index is -3.71. The van der Waals surface area contributed by atoms with Gasteiger partial charge in [-0.05, 0) is 17.7 Å². The molecule has 0 amide bonds. The molecule has 19 heavy (non-hydrogen) atoms. The van der Waals surface area contributed by atoms with Crippen LogP contribution in [0.2, 0.25) is 0 Å². The molecule has 8 heteroatoms. The van der Waals surface area contributed by atoms with Crippen molar-refractivity contribution >= 4 is 15.8 Å². The Labute approximate surface area is 110 Å². The van der Waals surface area contributed by atoms with Gasteiger partial charge in [0.15, 0.2) is 0 Å². The Kier molecular flexibility index (Phi) is 3.54. The lowest BCUT2D eigenvalue weighted by Gasteiger charge is -2.16. The zero-order valence-electron chi connectivity index (χ0n) is 10.2. The van der Waals surface area contributed by atoms with Crippen LogP contribution in [0.4, 0.5) is 10.2 Å². The van der Waals surface area contributed by atoms with Crippen molar-refractivity contribution in [1.29, 1.82) is 0 Å². The fraction of sp³-hybridized carbons (Fsp3) is 0.182. The minimum absolute atomic E-state index is 0.00837. The van der Waals surface area contributed by atoms with E-state index in [4.69, 9.17) is 5.73 Å². The Morgan fingerprint density at radius 2 is 2.00 bits per heavy atom. The van der Waals surface area contributed by atoms with Crippen LogP contribution in [0.1, 0.15) is 5.56 Å². The first-order valence-corrected chi connectivity index (χ1v) is 6.85. The van der Waals surface area contributed by atoms with E-state index in [0.717, 1.165) is 10.5 Å². The van der Waals surface area contributed by atoms with Crippen LogP contribution < -0.4 is 5.73 Å². The van der Waals surface area contributed by atoms with Crippen molar-refractivity contribution in [2.45, 2.75) is 11.4 Å². The molecular formula is C11H13FN4O2S. The number of nitrogen functional groups attached to an aromatic ring is 1. The third-order valence-corrected chi connectivity index (χ3v) is 4.47. The molecule has 0 aliphatic carbocycles. The number of hydrogen-bond donors (Lipinski definition) is 2. The third kappa shape index (κ3) is 2.74. The van der Waals surface area contributed by atoms with E-state index in [2.05, 4.69) is 10.2 Å². The molecule has 6 nitrogen and oxygen atoms in total. The summed E-state index contributed by atoms with van der Waals surface area (Å²) >= 11 is 0. The lowest BCUT2D eigenvalue weighted by atomic mass is 10.2. The molecule has 1 aromatic heterocycles. The van der Waals surface area contributed by atoms with Crippen LogP contribution in [0.25, 0.3) is 0 Å². The molecule has 0 spiro atoms. The first kappa shape index (κ1) is 13.5. The van der Waals surface area contributed by atoms with Gasteiger partial charge in [-0.2, -0.15) is 9.40 Å². The highest BCUT2D eigenvalue weighted by molar-refractivity contribution is 7.89. The molecule has 1 heterocycles. The summed E-state index contributed by atoms with van der Waals surface area (Å²) in [5, 5.41) is 5.96. The van der Waals surface area contributed by atoms with Crippen LogP contribution in [0.5, 0.6) is 0 Å². The molecular weight excluding hydrogens is 271 g/mol. The number of nitrogens with zero attached hydrogens (tertiary/aromatic N) is 2. The highest BCUT2D eigenvalue weighted by Gasteiger charge is 2.24. The maximum Gasteiger partial charge on any atom is 0.248 e. The number of H-pyrrole nitrogens is 1. The highest BCUT2D eigenvalue weighted by Crippen LogP contribution is 2.20. The number of halogens is 1. The standard InChI is InChI=1S/C11H13FN4O2S/c1-16(7-8-2-4-9(12)5-3-8)19(17,18)10-6-14-15-11(10)13/h2-6H,7H2,1H3,(H3,13,14,15). The normalized spacial score (nSPS) is 11.9. The quantitative estimate of drug-likeness (QED) is 0.874. The lowest BCUT2D eigenvalue weighted by Crippen LogP contribution is -2.26. The van der Waals surface area contributed by atoms with Gasteiger partial charge in [0.1, 0.15) is 16.5 Å². The number of rotatable bonds is 4. The second-order valence-electron chi connectivity index (χ2n) is 4.04. The van der Waals surface area contributed by atoms with Crippen LogP contribution in [0.3, 0.4) is 0 Å². The molecule has 0 bridgehead atoms. The minimum Gasteiger partial charge on any atom is -0.383 e. The average molecular weight is 284 g/mol. The molecule has 0 radical (unpaired) electrons. The molecule has 2 rings (SSSR count). The number of hydrogen-bond acceptors (Lipinski definition) is 4. The smallest absolute Gasteiger partial charge is 0.248 e. The second kappa shape index (κ2) is 4.98. The van der Waals surface area contributed by atoms with E-state index in [9.17, 15) is 12.8 Å². The second-order valence-corrected chi connectivity index (χ2v) is 6.05. The van der Waals surface area contributed by atoms with Crippen molar-refractivity contribution in [3.05, 3.63) is 41.8 Å². The third-order valence-electron chi connectivity index (χ3n) is 2.64. The Balaban J connectivity index is 2.22. The van der Waals surface area contributed by atoms with Crippen LogP contribution in [-0.2, 0) is 16.6 Å². The number of nitrogens with two attached hydrogens (primary N) is 1. The van der Waals surface area contributed by atoms with Crippen molar-refractivity contribution in [2.75, 3.05) is 12.8 Å². The van der Waals surface area contributed by atoms with Crippen LogP contribution in [0.15, 0.2) is 35.4 Å². The first-order valence-electron chi connectivity index (χ1n) is 5.41. The number of anilines is 1. The Bertz CT molecular complexity index is 666. The van der Waals surface area contributed by atoms with E-state index in [1.54, 1.807) is 0 Å². The molecule has 0 fully saturated rings. The van der Waals surface area contributed by atoms with Crippen molar-refractivity contribution in [1.82, 2.24) is 14.5 Å². The van der Waals surface area contributed by atoms with Crippen LogP contribution in [0, 0.1) is 5.82 Å². The van der Waals surface area contributed by atoms with Crippen molar-refractivity contribution in [3.63, 3.8) is 0 Å². The summed E-state index contributed by atoms with van der Waals surface area (Å²) in [4.78, 5) is -0.0721. The molecule has 102 valence electrons. The summed E-state index contributed by atoms with van der Waals surface area (Å²) in [5.74, 6) is -0.376. The summed E-state index contributed by atoms with van der Waals surface area (Å²) in [7, 11) is -2.29. The lowest BCUT2D eigenvalue weighted by molar-refractivity contribution is 0.467. The predicted molar refractivity (Wildman–Crippen MR) is 68.1 cm³/mol. The van der Waals surface area contributed by atoms with Gasteiger partial charge in [0, 0.05) is 13.6 Å². The van der Waals surface area contributed by atoms with Crippen molar-refractivity contribution in [3.8, 4) is 0 Å². The van der Waals surface area contributed by atoms with E-state index in [1.165, 1.54) is 31.3 Å².